The molecule has 0 bridgehead atoms. The molecule has 0 aliphatic rings. The van der Waals surface area contributed by atoms with E-state index in [2.05, 4.69) is 27.2 Å². The van der Waals surface area contributed by atoms with Gasteiger partial charge in [-0.15, -0.1) is 6.58 Å². The van der Waals surface area contributed by atoms with Gasteiger partial charge in [0.25, 0.3) is 5.91 Å². The van der Waals surface area contributed by atoms with Gasteiger partial charge in [-0.05, 0) is 36.4 Å². The molecule has 0 atom stereocenters. The Hall–Kier alpha value is -3.67. The minimum atomic E-state index is -0.286. The summed E-state index contributed by atoms with van der Waals surface area (Å²) in [5.41, 5.74) is 1.09. The van der Waals surface area contributed by atoms with Crippen molar-refractivity contribution in [2.24, 2.45) is 0 Å². The van der Waals surface area contributed by atoms with Crippen LogP contribution in [0, 0.1) is 0 Å². The van der Waals surface area contributed by atoms with E-state index in [0.29, 0.717) is 12.4 Å². The molecule has 6 nitrogen and oxygen atoms in total. The number of anilines is 2. The second-order valence-corrected chi connectivity index (χ2v) is 5.35. The van der Waals surface area contributed by atoms with E-state index in [1.54, 1.807) is 6.08 Å². The zero-order chi connectivity index (χ0) is 18.2. The van der Waals surface area contributed by atoms with Crippen molar-refractivity contribution in [1.29, 1.82) is 0 Å². The maximum absolute atomic E-state index is 11.8. The number of hydrogen-bond acceptors (Lipinski definition) is 5. The molecule has 26 heavy (non-hydrogen) atoms. The summed E-state index contributed by atoms with van der Waals surface area (Å²) in [6.45, 7) is 3.93. The van der Waals surface area contributed by atoms with Crippen LogP contribution in [0.5, 0.6) is 11.5 Å². The summed E-state index contributed by atoms with van der Waals surface area (Å²) in [7, 11) is 0. The van der Waals surface area contributed by atoms with Gasteiger partial charge >= 0.3 is 0 Å². The number of nitrogens with one attached hydrogen (secondary N) is 2. The van der Waals surface area contributed by atoms with Gasteiger partial charge in [0.1, 0.15) is 23.0 Å². The van der Waals surface area contributed by atoms with Crippen molar-refractivity contribution in [2.45, 2.75) is 0 Å². The molecule has 1 amide bonds. The molecule has 0 spiro atoms. The first kappa shape index (κ1) is 17.2. The van der Waals surface area contributed by atoms with Gasteiger partial charge in [0, 0.05) is 12.2 Å². The molecule has 1 aromatic heterocycles. The van der Waals surface area contributed by atoms with Crippen LogP contribution in [0.1, 0.15) is 10.5 Å². The summed E-state index contributed by atoms with van der Waals surface area (Å²) in [5, 5.41) is 5.78. The summed E-state index contributed by atoms with van der Waals surface area (Å²) >= 11 is 0. The zero-order valence-corrected chi connectivity index (χ0v) is 14.1. The molecule has 0 aliphatic carbocycles. The number of carbonyl (C=O) groups excluding carboxylic acids is 1. The maximum Gasteiger partial charge on any atom is 0.271 e. The lowest BCUT2D eigenvalue weighted by molar-refractivity contribution is 0.0952. The number of hydrogen-bond donors (Lipinski definition) is 2. The van der Waals surface area contributed by atoms with E-state index in [-0.39, 0.29) is 11.6 Å². The highest BCUT2D eigenvalue weighted by atomic mass is 16.5. The molecule has 3 aromatic rings. The number of aromatic nitrogens is 2. The third-order valence-electron chi connectivity index (χ3n) is 3.40. The third kappa shape index (κ3) is 4.67. The number of rotatable bonds is 7. The summed E-state index contributed by atoms with van der Waals surface area (Å²) in [6.07, 6.45) is 4.54. The van der Waals surface area contributed by atoms with Crippen molar-refractivity contribution in [3.8, 4) is 11.5 Å². The fourth-order valence-corrected chi connectivity index (χ4v) is 2.14. The van der Waals surface area contributed by atoms with E-state index in [9.17, 15) is 4.79 Å². The Balaban J connectivity index is 1.60. The molecule has 130 valence electrons. The minimum Gasteiger partial charge on any atom is -0.457 e. The van der Waals surface area contributed by atoms with E-state index in [0.717, 1.165) is 17.2 Å². The molecule has 0 radical (unpaired) electrons. The molecule has 0 saturated heterocycles. The molecule has 0 saturated carbocycles. The molecule has 0 aliphatic heterocycles. The van der Waals surface area contributed by atoms with Crippen LogP contribution in [-0.4, -0.2) is 22.4 Å². The van der Waals surface area contributed by atoms with E-state index in [1.165, 1.54) is 12.4 Å². The quantitative estimate of drug-likeness (QED) is 0.634. The van der Waals surface area contributed by atoms with Gasteiger partial charge in [0.2, 0.25) is 0 Å². The van der Waals surface area contributed by atoms with Crippen LogP contribution in [-0.2, 0) is 0 Å². The Morgan fingerprint density at radius 3 is 2.38 bits per heavy atom. The number of nitrogens with zero attached hydrogens (tertiary/aromatic N) is 2. The van der Waals surface area contributed by atoms with Gasteiger partial charge in [-0.2, -0.15) is 0 Å². The molecule has 2 N–H and O–H groups in total. The number of ether oxygens (including phenoxy) is 1. The van der Waals surface area contributed by atoms with Gasteiger partial charge in [-0.3, -0.25) is 4.79 Å². The van der Waals surface area contributed by atoms with Crippen molar-refractivity contribution in [3.63, 3.8) is 0 Å². The summed E-state index contributed by atoms with van der Waals surface area (Å²) in [4.78, 5) is 20.1. The standard InChI is InChI=1S/C20H18N4O2/c1-2-12-21-20(25)18-13-23-19(14-22-18)24-15-8-10-17(11-9-15)26-16-6-4-3-5-7-16/h2-11,13-14H,1,12H2,(H,21,25)(H,23,24). The smallest absolute Gasteiger partial charge is 0.271 e. The van der Waals surface area contributed by atoms with E-state index in [1.807, 2.05) is 54.6 Å². The monoisotopic (exact) mass is 346 g/mol. The van der Waals surface area contributed by atoms with Crippen LogP contribution < -0.4 is 15.4 Å². The molecular weight excluding hydrogens is 328 g/mol. The topological polar surface area (TPSA) is 76.1 Å². The van der Waals surface area contributed by atoms with Crippen molar-refractivity contribution in [2.75, 3.05) is 11.9 Å². The van der Waals surface area contributed by atoms with Crippen LogP contribution in [0.2, 0.25) is 0 Å². The maximum atomic E-state index is 11.8. The van der Waals surface area contributed by atoms with Crippen molar-refractivity contribution in [3.05, 3.63) is 85.3 Å². The number of amides is 1. The fourth-order valence-electron chi connectivity index (χ4n) is 2.14. The van der Waals surface area contributed by atoms with Crippen molar-refractivity contribution >= 4 is 17.4 Å². The van der Waals surface area contributed by atoms with Crippen LogP contribution in [0.3, 0.4) is 0 Å². The average molecular weight is 346 g/mol. The van der Waals surface area contributed by atoms with Crippen LogP contribution in [0.4, 0.5) is 11.5 Å². The van der Waals surface area contributed by atoms with E-state index in [4.69, 9.17) is 4.74 Å². The first-order valence-electron chi connectivity index (χ1n) is 8.06. The predicted octanol–water partition coefficient (Wildman–Crippen LogP) is 3.93. The number of para-hydroxylation sites is 1. The molecule has 0 unspecified atom stereocenters. The van der Waals surface area contributed by atoms with E-state index >= 15 is 0 Å². The van der Waals surface area contributed by atoms with Gasteiger partial charge in [-0.25, -0.2) is 9.97 Å². The van der Waals surface area contributed by atoms with E-state index < -0.39 is 0 Å². The van der Waals surface area contributed by atoms with Crippen molar-refractivity contribution in [1.82, 2.24) is 15.3 Å². The Bertz CT molecular complexity index is 863. The number of benzene rings is 2. The Morgan fingerprint density at radius 2 is 1.73 bits per heavy atom. The highest BCUT2D eigenvalue weighted by Gasteiger charge is 2.06. The summed E-state index contributed by atoms with van der Waals surface area (Å²) < 4.78 is 5.75. The molecule has 0 fully saturated rings. The Morgan fingerprint density at radius 1 is 1.00 bits per heavy atom. The Labute approximate surface area is 151 Å². The van der Waals surface area contributed by atoms with Crippen LogP contribution in [0.15, 0.2) is 79.6 Å². The van der Waals surface area contributed by atoms with Crippen molar-refractivity contribution < 1.29 is 9.53 Å². The molecular formula is C20H18N4O2. The van der Waals surface area contributed by atoms with Gasteiger partial charge in [0.05, 0.1) is 12.4 Å². The van der Waals surface area contributed by atoms with Crippen LogP contribution in [0.25, 0.3) is 0 Å². The molecule has 1 heterocycles. The minimum absolute atomic E-state index is 0.254. The molecule has 2 aromatic carbocycles. The summed E-state index contributed by atoms with van der Waals surface area (Å²) in [6, 6.07) is 17.1. The van der Waals surface area contributed by atoms with Gasteiger partial charge in [0.15, 0.2) is 0 Å². The van der Waals surface area contributed by atoms with Gasteiger partial charge < -0.3 is 15.4 Å². The Kier molecular flexibility index (Phi) is 5.57. The van der Waals surface area contributed by atoms with Crippen LogP contribution >= 0.6 is 0 Å². The second kappa shape index (κ2) is 8.43. The first-order chi connectivity index (χ1) is 12.7. The number of carbonyl (C=O) groups is 1. The fraction of sp³-hybridized carbons (Fsp3) is 0.0500. The molecule has 3 rings (SSSR count). The lowest BCUT2D eigenvalue weighted by atomic mass is 10.3. The third-order valence-corrected chi connectivity index (χ3v) is 3.40. The predicted molar refractivity (Wildman–Crippen MR) is 101 cm³/mol. The zero-order valence-electron chi connectivity index (χ0n) is 14.1. The normalized spacial score (nSPS) is 10.0. The SMILES string of the molecule is C=CCNC(=O)c1cnc(Nc2ccc(Oc3ccccc3)cc2)cn1. The highest BCUT2D eigenvalue weighted by Crippen LogP contribution is 2.23. The highest BCUT2D eigenvalue weighted by molar-refractivity contribution is 5.92. The molecule has 6 heteroatoms. The van der Waals surface area contributed by atoms with Gasteiger partial charge in [-0.1, -0.05) is 24.3 Å². The second-order valence-electron chi connectivity index (χ2n) is 5.35. The summed E-state index contributed by atoms with van der Waals surface area (Å²) in [5.74, 6) is 1.78. The lowest BCUT2D eigenvalue weighted by Crippen LogP contribution is -2.24. The largest absolute Gasteiger partial charge is 0.457 e. The lowest BCUT2D eigenvalue weighted by Gasteiger charge is -2.08. The first-order valence-corrected chi connectivity index (χ1v) is 8.06. The average Bonchev–Trinajstić information content (AvgIpc) is 2.69.